The minimum atomic E-state index is -0.344. The fourth-order valence-corrected chi connectivity index (χ4v) is 0.617. The normalized spacial score (nSPS) is 8.73. The highest BCUT2D eigenvalue weighted by Gasteiger charge is 1.90. The van der Waals surface area contributed by atoms with Gasteiger partial charge in [0.15, 0.2) is 0 Å². The van der Waals surface area contributed by atoms with E-state index in [0.29, 0.717) is 6.54 Å². The van der Waals surface area contributed by atoms with Gasteiger partial charge in [0.25, 0.3) is 5.91 Å². The molecule has 0 fully saturated rings. The highest BCUT2D eigenvalue weighted by molar-refractivity contribution is 5.92. The van der Waals surface area contributed by atoms with Crippen LogP contribution in [0.15, 0.2) is 0 Å². The van der Waals surface area contributed by atoms with Gasteiger partial charge in [-0.1, -0.05) is 6.92 Å². The monoisotopic (exact) mass is 154 g/mol. The second-order valence-corrected chi connectivity index (χ2v) is 2.15. The Morgan fingerprint density at radius 3 is 2.73 bits per heavy atom. The minimum absolute atomic E-state index is 0.344. The van der Waals surface area contributed by atoms with E-state index < -0.39 is 0 Å². The lowest BCUT2D eigenvalue weighted by molar-refractivity contribution is -0.115. The highest BCUT2D eigenvalue weighted by Crippen LogP contribution is 1.68. The van der Waals surface area contributed by atoms with Crippen molar-refractivity contribution >= 4 is 5.91 Å². The maximum absolute atomic E-state index is 10.5. The second kappa shape index (κ2) is 7.10. The highest BCUT2D eigenvalue weighted by atomic mass is 16.1. The number of hydrogen-bond donors (Lipinski definition) is 2. The molecule has 0 aromatic carbocycles. The SMILES string of the molecule is C#CC(=O)NCCNCCC. The van der Waals surface area contributed by atoms with Crippen LogP contribution in [0, 0.1) is 12.3 Å². The zero-order valence-corrected chi connectivity index (χ0v) is 6.81. The van der Waals surface area contributed by atoms with Crippen molar-refractivity contribution in [1.29, 1.82) is 0 Å². The molecule has 0 aliphatic carbocycles. The molecule has 0 rings (SSSR count). The summed E-state index contributed by atoms with van der Waals surface area (Å²) in [5.74, 6) is 1.63. The molecule has 3 heteroatoms. The summed E-state index contributed by atoms with van der Waals surface area (Å²) < 4.78 is 0. The summed E-state index contributed by atoms with van der Waals surface area (Å²) in [6.07, 6.45) is 5.93. The van der Waals surface area contributed by atoms with Crippen LogP contribution in [0.3, 0.4) is 0 Å². The Morgan fingerprint density at radius 2 is 2.18 bits per heavy atom. The van der Waals surface area contributed by atoms with Crippen molar-refractivity contribution < 1.29 is 4.79 Å². The third-order valence-electron chi connectivity index (χ3n) is 1.15. The van der Waals surface area contributed by atoms with Crippen LogP contribution in [-0.2, 0) is 4.79 Å². The van der Waals surface area contributed by atoms with E-state index in [1.807, 2.05) is 5.92 Å². The lowest BCUT2D eigenvalue weighted by Crippen LogP contribution is -2.31. The number of amides is 1. The number of rotatable bonds is 5. The third-order valence-corrected chi connectivity index (χ3v) is 1.15. The summed E-state index contributed by atoms with van der Waals surface area (Å²) in [4.78, 5) is 10.5. The summed E-state index contributed by atoms with van der Waals surface area (Å²) in [5, 5.41) is 5.68. The topological polar surface area (TPSA) is 41.1 Å². The molecule has 0 saturated heterocycles. The molecule has 0 unspecified atom stereocenters. The van der Waals surface area contributed by atoms with Crippen LogP contribution in [-0.4, -0.2) is 25.5 Å². The number of carbonyl (C=O) groups excluding carboxylic acids is 1. The van der Waals surface area contributed by atoms with Crippen molar-refractivity contribution in [2.24, 2.45) is 0 Å². The molecule has 0 spiro atoms. The average Bonchev–Trinajstić information content (AvgIpc) is 2.04. The molecule has 3 nitrogen and oxygen atoms in total. The Balaban J connectivity index is 3.03. The Morgan fingerprint density at radius 1 is 1.45 bits per heavy atom. The van der Waals surface area contributed by atoms with Gasteiger partial charge in [0.05, 0.1) is 0 Å². The Hall–Kier alpha value is -1.01. The predicted molar refractivity (Wildman–Crippen MR) is 45.0 cm³/mol. The summed E-state index contributed by atoms with van der Waals surface area (Å²) in [5.41, 5.74) is 0. The van der Waals surface area contributed by atoms with E-state index in [0.717, 1.165) is 19.5 Å². The van der Waals surface area contributed by atoms with Crippen LogP contribution in [0.25, 0.3) is 0 Å². The van der Waals surface area contributed by atoms with E-state index in [9.17, 15) is 4.79 Å². The van der Waals surface area contributed by atoms with E-state index in [2.05, 4.69) is 17.6 Å². The molecule has 0 atom stereocenters. The second-order valence-electron chi connectivity index (χ2n) is 2.15. The molecule has 0 bridgehead atoms. The molecular formula is C8H14N2O. The van der Waals surface area contributed by atoms with Crippen molar-refractivity contribution in [1.82, 2.24) is 10.6 Å². The van der Waals surface area contributed by atoms with Crippen molar-refractivity contribution in [2.75, 3.05) is 19.6 Å². The van der Waals surface area contributed by atoms with Crippen LogP contribution < -0.4 is 10.6 Å². The molecule has 0 aliphatic rings. The molecule has 0 aromatic rings. The molecule has 0 aromatic heterocycles. The van der Waals surface area contributed by atoms with E-state index in [1.54, 1.807) is 0 Å². The fourth-order valence-electron chi connectivity index (χ4n) is 0.617. The van der Waals surface area contributed by atoms with Crippen LogP contribution >= 0.6 is 0 Å². The molecule has 0 heterocycles. The van der Waals surface area contributed by atoms with Gasteiger partial charge >= 0.3 is 0 Å². The first-order chi connectivity index (χ1) is 5.31. The first-order valence-corrected chi connectivity index (χ1v) is 3.76. The number of nitrogens with one attached hydrogen (secondary N) is 2. The molecule has 2 N–H and O–H groups in total. The summed E-state index contributed by atoms with van der Waals surface area (Å²) in [6.45, 7) is 4.45. The molecule has 11 heavy (non-hydrogen) atoms. The van der Waals surface area contributed by atoms with Gasteiger partial charge in [-0.25, -0.2) is 0 Å². The van der Waals surface area contributed by atoms with Crippen molar-refractivity contribution in [3.05, 3.63) is 0 Å². The smallest absolute Gasteiger partial charge is 0.295 e. The number of terminal acetylenes is 1. The van der Waals surface area contributed by atoms with Gasteiger partial charge in [0.1, 0.15) is 0 Å². The van der Waals surface area contributed by atoms with Crippen molar-refractivity contribution in [3.63, 3.8) is 0 Å². The lowest BCUT2D eigenvalue weighted by atomic mass is 10.4. The Kier molecular flexibility index (Phi) is 6.45. The molecular weight excluding hydrogens is 140 g/mol. The van der Waals surface area contributed by atoms with Gasteiger partial charge < -0.3 is 10.6 Å². The molecule has 62 valence electrons. The van der Waals surface area contributed by atoms with Gasteiger partial charge in [0, 0.05) is 13.1 Å². The molecule has 1 amide bonds. The fraction of sp³-hybridized carbons (Fsp3) is 0.625. The first kappa shape index (κ1) is 9.99. The molecule has 0 saturated carbocycles. The largest absolute Gasteiger partial charge is 0.344 e. The van der Waals surface area contributed by atoms with Gasteiger partial charge in [-0.05, 0) is 18.9 Å². The van der Waals surface area contributed by atoms with Gasteiger partial charge in [-0.2, -0.15) is 0 Å². The van der Waals surface area contributed by atoms with Crippen LogP contribution in [0.2, 0.25) is 0 Å². The number of carbonyl (C=O) groups is 1. The minimum Gasteiger partial charge on any atom is -0.344 e. The summed E-state index contributed by atoms with van der Waals surface area (Å²) in [7, 11) is 0. The number of hydrogen-bond acceptors (Lipinski definition) is 2. The quantitative estimate of drug-likeness (QED) is 0.423. The van der Waals surface area contributed by atoms with E-state index in [1.165, 1.54) is 0 Å². The maximum Gasteiger partial charge on any atom is 0.295 e. The molecule has 0 aliphatic heterocycles. The lowest BCUT2D eigenvalue weighted by Gasteiger charge is -2.01. The van der Waals surface area contributed by atoms with Gasteiger partial charge in [-0.3, -0.25) is 4.79 Å². The van der Waals surface area contributed by atoms with Crippen molar-refractivity contribution in [2.45, 2.75) is 13.3 Å². The third kappa shape index (κ3) is 6.88. The zero-order valence-electron chi connectivity index (χ0n) is 6.81. The van der Waals surface area contributed by atoms with Gasteiger partial charge in [0.2, 0.25) is 0 Å². The Labute approximate surface area is 67.6 Å². The van der Waals surface area contributed by atoms with Gasteiger partial charge in [-0.15, -0.1) is 6.42 Å². The van der Waals surface area contributed by atoms with Crippen molar-refractivity contribution in [3.8, 4) is 12.3 Å². The van der Waals surface area contributed by atoms with E-state index >= 15 is 0 Å². The standard InChI is InChI=1S/C8H14N2O/c1-3-5-9-6-7-10-8(11)4-2/h2,9H,3,5-7H2,1H3,(H,10,11). The summed E-state index contributed by atoms with van der Waals surface area (Å²) >= 11 is 0. The zero-order chi connectivity index (χ0) is 8.53. The average molecular weight is 154 g/mol. The first-order valence-electron chi connectivity index (χ1n) is 3.76. The summed E-state index contributed by atoms with van der Waals surface area (Å²) in [6, 6.07) is 0. The van der Waals surface area contributed by atoms with E-state index in [-0.39, 0.29) is 5.91 Å². The van der Waals surface area contributed by atoms with Crippen LogP contribution in [0.5, 0.6) is 0 Å². The van der Waals surface area contributed by atoms with E-state index in [4.69, 9.17) is 6.42 Å². The maximum atomic E-state index is 10.5. The molecule has 0 radical (unpaired) electrons. The Bertz CT molecular complexity index is 149. The van der Waals surface area contributed by atoms with Crippen LogP contribution in [0.4, 0.5) is 0 Å². The predicted octanol–water partition coefficient (Wildman–Crippen LogP) is -0.265. The van der Waals surface area contributed by atoms with Crippen LogP contribution in [0.1, 0.15) is 13.3 Å².